The molecule has 0 aromatic heterocycles. The van der Waals surface area contributed by atoms with Crippen LogP contribution in [0.2, 0.25) is 0 Å². The van der Waals surface area contributed by atoms with Crippen LogP contribution >= 0.6 is 11.6 Å². The van der Waals surface area contributed by atoms with Crippen LogP contribution in [0.1, 0.15) is 46.0 Å². The highest BCUT2D eigenvalue weighted by molar-refractivity contribution is 6.18. The molecule has 1 heteroatoms. The minimum Gasteiger partial charge on any atom is -0.126 e. The molecule has 0 amide bonds. The molecule has 0 heterocycles. The first-order valence-electron chi connectivity index (χ1n) is 5.18. The summed E-state index contributed by atoms with van der Waals surface area (Å²) in [5.41, 5.74) is 1.23. The lowest BCUT2D eigenvalue weighted by atomic mass is 9.65. The molecular formula is C11H19Cl. The number of alkyl halides is 1. The molecule has 2 saturated carbocycles. The Morgan fingerprint density at radius 1 is 1.25 bits per heavy atom. The maximum atomic E-state index is 5.95. The summed E-state index contributed by atoms with van der Waals surface area (Å²) in [6.45, 7) is 4.89. The van der Waals surface area contributed by atoms with E-state index in [9.17, 15) is 0 Å². The average Bonchev–Trinajstić information content (AvgIpc) is 2.72. The van der Waals surface area contributed by atoms with Gasteiger partial charge in [0.15, 0.2) is 0 Å². The van der Waals surface area contributed by atoms with Gasteiger partial charge in [0.1, 0.15) is 0 Å². The van der Waals surface area contributed by atoms with Gasteiger partial charge >= 0.3 is 0 Å². The topological polar surface area (TPSA) is 0 Å². The van der Waals surface area contributed by atoms with Crippen LogP contribution in [0.5, 0.6) is 0 Å². The molecule has 2 rings (SSSR count). The second kappa shape index (κ2) is 2.64. The molecule has 0 nitrogen and oxygen atoms in total. The lowest BCUT2D eigenvalue weighted by molar-refractivity contribution is 0.102. The molecule has 0 saturated heterocycles. The minimum atomic E-state index is 0.574. The normalized spacial score (nSPS) is 44.8. The van der Waals surface area contributed by atoms with E-state index in [-0.39, 0.29) is 0 Å². The van der Waals surface area contributed by atoms with Gasteiger partial charge in [0.05, 0.1) is 0 Å². The minimum absolute atomic E-state index is 0.574. The molecular weight excluding hydrogens is 168 g/mol. The number of hydrogen-bond acceptors (Lipinski definition) is 0. The Morgan fingerprint density at radius 3 is 2.42 bits per heavy atom. The smallest absolute Gasteiger partial charge is 0.0257 e. The zero-order valence-corrected chi connectivity index (χ0v) is 8.95. The maximum absolute atomic E-state index is 5.95. The predicted octanol–water partition coefficient (Wildman–Crippen LogP) is 3.83. The molecule has 0 radical (unpaired) electrons. The molecule has 0 aromatic rings. The van der Waals surface area contributed by atoms with Gasteiger partial charge in [-0.1, -0.05) is 26.7 Å². The van der Waals surface area contributed by atoms with Crippen molar-refractivity contribution < 1.29 is 0 Å². The van der Waals surface area contributed by atoms with Crippen molar-refractivity contribution in [2.45, 2.75) is 46.0 Å². The molecule has 12 heavy (non-hydrogen) atoms. The van der Waals surface area contributed by atoms with Gasteiger partial charge in [-0.3, -0.25) is 0 Å². The second-order valence-electron chi connectivity index (χ2n) is 5.30. The first-order valence-corrected chi connectivity index (χ1v) is 5.72. The Labute approximate surface area is 80.7 Å². The van der Waals surface area contributed by atoms with Crippen molar-refractivity contribution in [3.63, 3.8) is 0 Å². The van der Waals surface area contributed by atoms with Crippen LogP contribution in [-0.4, -0.2) is 5.88 Å². The fraction of sp³-hybridized carbons (Fsp3) is 1.00. The Bertz CT molecular complexity index is 185. The molecule has 0 bridgehead atoms. The van der Waals surface area contributed by atoms with Crippen LogP contribution in [0, 0.1) is 16.7 Å². The zero-order chi connectivity index (χ0) is 8.82. The monoisotopic (exact) mass is 186 g/mol. The fourth-order valence-electron chi connectivity index (χ4n) is 3.31. The van der Waals surface area contributed by atoms with Crippen LogP contribution in [0.4, 0.5) is 0 Å². The van der Waals surface area contributed by atoms with Crippen LogP contribution < -0.4 is 0 Å². The average molecular weight is 187 g/mol. The van der Waals surface area contributed by atoms with Crippen molar-refractivity contribution in [1.29, 1.82) is 0 Å². The lowest BCUT2D eigenvalue weighted by Crippen LogP contribution is -2.31. The van der Waals surface area contributed by atoms with Crippen LogP contribution in [0.25, 0.3) is 0 Å². The second-order valence-corrected chi connectivity index (χ2v) is 5.61. The summed E-state index contributed by atoms with van der Waals surface area (Å²) in [5, 5.41) is 0. The van der Waals surface area contributed by atoms with E-state index in [1.165, 1.54) is 32.1 Å². The molecule has 2 unspecified atom stereocenters. The first kappa shape index (κ1) is 8.87. The van der Waals surface area contributed by atoms with E-state index in [0.717, 1.165) is 11.8 Å². The van der Waals surface area contributed by atoms with Gasteiger partial charge in [-0.25, -0.2) is 0 Å². The van der Waals surface area contributed by atoms with Crippen molar-refractivity contribution in [1.82, 2.24) is 0 Å². The largest absolute Gasteiger partial charge is 0.126 e. The van der Waals surface area contributed by atoms with Crippen LogP contribution in [-0.2, 0) is 0 Å². The molecule has 1 spiro atoms. The fourth-order valence-corrected chi connectivity index (χ4v) is 3.72. The standard InChI is InChI=1S/C11H19Cl/c1-10(2)5-3-4-6-11(10)7-9(11)8-12/h9H,3-8H2,1-2H3. The highest BCUT2D eigenvalue weighted by Gasteiger charge is 2.61. The molecule has 2 fully saturated rings. The third-order valence-electron chi connectivity index (χ3n) is 4.44. The van der Waals surface area contributed by atoms with E-state index in [4.69, 9.17) is 11.6 Å². The highest BCUT2D eigenvalue weighted by Crippen LogP contribution is 2.69. The van der Waals surface area contributed by atoms with Crippen molar-refractivity contribution in [2.24, 2.45) is 16.7 Å². The van der Waals surface area contributed by atoms with E-state index in [2.05, 4.69) is 13.8 Å². The molecule has 0 aliphatic heterocycles. The summed E-state index contributed by atoms with van der Waals surface area (Å²) in [4.78, 5) is 0. The lowest BCUT2D eigenvalue weighted by Gasteiger charge is -2.40. The Hall–Kier alpha value is 0.290. The number of hydrogen-bond donors (Lipinski definition) is 0. The molecule has 2 atom stereocenters. The zero-order valence-electron chi connectivity index (χ0n) is 8.20. The Balaban J connectivity index is 2.13. The van der Waals surface area contributed by atoms with Crippen LogP contribution in [0.3, 0.4) is 0 Å². The molecule has 70 valence electrons. The van der Waals surface area contributed by atoms with E-state index < -0.39 is 0 Å². The maximum Gasteiger partial charge on any atom is 0.0257 e. The predicted molar refractivity (Wildman–Crippen MR) is 53.5 cm³/mol. The summed E-state index contributed by atoms with van der Waals surface area (Å²) in [6.07, 6.45) is 7.14. The number of halogens is 1. The SMILES string of the molecule is CC1(C)CCCCC12CC2CCl. The van der Waals surface area contributed by atoms with Gasteiger partial charge in [0, 0.05) is 5.88 Å². The Morgan fingerprint density at radius 2 is 1.92 bits per heavy atom. The summed E-state index contributed by atoms with van der Waals surface area (Å²) >= 11 is 5.95. The van der Waals surface area contributed by atoms with E-state index in [1.54, 1.807) is 0 Å². The molecule has 0 aromatic carbocycles. The Kier molecular flexibility index (Phi) is 1.95. The van der Waals surface area contributed by atoms with Crippen molar-refractivity contribution in [3.05, 3.63) is 0 Å². The van der Waals surface area contributed by atoms with Gasteiger partial charge < -0.3 is 0 Å². The summed E-state index contributed by atoms with van der Waals surface area (Å²) < 4.78 is 0. The van der Waals surface area contributed by atoms with E-state index in [0.29, 0.717) is 10.8 Å². The quantitative estimate of drug-likeness (QED) is 0.546. The summed E-state index contributed by atoms with van der Waals surface area (Å²) in [6, 6.07) is 0. The van der Waals surface area contributed by atoms with Gasteiger partial charge in [-0.2, -0.15) is 0 Å². The van der Waals surface area contributed by atoms with E-state index >= 15 is 0 Å². The van der Waals surface area contributed by atoms with Crippen molar-refractivity contribution >= 4 is 11.6 Å². The van der Waals surface area contributed by atoms with Gasteiger partial charge in [0.2, 0.25) is 0 Å². The van der Waals surface area contributed by atoms with Crippen molar-refractivity contribution in [3.8, 4) is 0 Å². The molecule has 0 N–H and O–H groups in total. The third-order valence-corrected chi connectivity index (χ3v) is 4.81. The van der Waals surface area contributed by atoms with Crippen molar-refractivity contribution in [2.75, 3.05) is 5.88 Å². The summed E-state index contributed by atoms with van der Waals surface area (Å²) in [7, 11) is 0. The molecule has 2 aliphatic carbocycles. The van der Waals surface area contributed by atoms with Gasteiger partial charge in [-0.15, -0.1) is 11.6 Å². The van der Waals surface area contributed by atoms with Gasteiger partial charge in [-0.05, 0) is 36.0 Å². The first-order chi connectivity index (χ1) is 5.62. The van der Waals surface area contributed by atoms with E-state index in [1.807, 2.05) is 0 Å². The highest BCUT2D eigenvalue weighted by atomic mass is 35.5. The summed E-state index contributed by atoms with van der Waals surface area (Å²) in [5.74, 6) is 1.73. The third kappa shape index (κ3) is 1.04. The molecule has 2 aliphatic rings. The van der Waals surface area contributed by atoms with Gasteiger partial charge in [0.25, 0.3) is 0 Å². The van der Waals surface area contributed by atoms with Crippen LogP contribution in [0.15, 0.2) is 0 Å². The number of rotatable bonds is 1.